The molecule has 2 aromatic rings. The highest BCUT2D eigenvalue weighted by molar-refractivity contribution is 5.95. The van der Waals surface area contributed by atoms with E-state index in [0.717, 1.165) is 0 Å². The monoisotopic (exact) mass is 368 g/mol. The first-order valence-corrected chi connectivity index (χ1v) is 8.85. The molecule has 0 bridgehead atoms. The summed E-state index contributed by atoms with van der Waals surface area (Å²) in [6.45, 7) is 2.15. The second-order valence-electron chi connectivity index (χ2n) is 6.34. The molecule has 0 radical (unpaired) electrons. The number of carbonyl (C=O) groups excluding carboxylic acids is 2. The predicted octanol–water partition coefficient (Wildman–Crippen LogP) is 1.78. The zero-order valence-corrected chi connectivity index (χ0v) is 14.8. The molecule has 2 aliphatic heterocycles. The number of carbonyl (C=O) groups is 2. The molecule has 2 aromatic carbocycles. The van der Waals surface area contributed by atoms with Gasteiger partial charge in [-0.25, -0.2) is 0 Å². The van der Waals surface area contributed by atoms with Crippen LogP contribution in [-0.2, 0) is 4.79 Å². The van der Waals surface area contributed by atoms with Crippen molar-refractivity contribution in [3.8, 4) is 17.2 Å². The van der Waals surface area contributed by atoms with Gasteiger partial charge in [0.1, 0.15) is 5.75 Å². The van der Waals surface area contributed by atoms with Crippen LogP contribution in [0.3, 0.4) is 0 Å². The molecule has 2 amide bonds. The SMILES string of the molecule is O=C(COc1ccccc1)N1CCN(C(=O)c2ccc3c(c2)OCO3)CC1. The number of hydrogen-bond donors (Lipinski definition) is 0. The molecule has 0 unspecified atom stereocenters. The topological polar surface area (TPSA) is 68.3 Å². The van der Waals surface area contributed by atoms with E-state index in [-0.39, 0.29) is 25.2 Å². The molecule has 0 atom stereocenters. The van der Waals surface area contributed by atoms with Crippen LogP contribution in [0.25, 0.3) is 0 Å². The highest BCUT2D eigenvalue weighted by Gasteiger charge is 2.26. The number of piperazine rings is 1. The molecular formula is C20H20N2O5. The number of para-hydroxylation sites is 1. The molecule has 7 heteroatoms. The fourth-order valence-corrected chi connectivity index (χ4v) is 3.12. The molecule has 0 saturated carbocycles. The fourth-order valence-electron chi connectivity index (χ4n) is 3.12. The number of benzene rings is 2. The average molecular weight is 368 g/mol. The molecule has 4 rings (SSSR count). The van der Waals surface area contributed by atoms with E-state index in [2.05, 4.69) is 0 Å². The van der Waals surface area contributed by atoms with Crippen molar-refractivity contribution in [1.82, 2.24) is 9.80 Å². The molecule has 2 heterocycles. The highest BCUT2D eigenvalue weighted by atomic mass is 16.7. The van der Waals surface area contributed by atoms with Crippen LogP contribution < -0.4 is 14.2 Å². The van der Waals surface area contributed by atoms with Crippen molar-refractivity contribution < 1.29 is 23.8 Å². The molecule has 0 N–H and O–H groups in total. The van der Waals surface area contributed by atoms with Crippen LogP contribution in [0.1, 0.15) is 10.4 Å². The minimum absolute atomic E-state index is 0.000120. The number of amides is 2. The summed E-state index contributed by atoms with van der Waals surface area (Å²) in [5.74, 6) is 1.77. The third kappa shape index (κ3) is 3.81. The number of rotatable bonds is 4. The molecule has 2 aliphatic rings. The van der Waals surface area contributed by atoms with Gasteiger partial charge in [0, 0.05) is 31.7 Å². The van der Waals surface area contributed by atoms with Gasteiger partial charge >= 0.3 is 0 Å². The van der Waals surface area contributed by atoms with Crippen LogP contribution >= 0.6 is 0 Å². The first kappa shape index (κ1) is 17.2. The molecule has 27 heavy (non-hydrogen) atoms. The predicted molar refractivity (Wildman–Crippen MR) is 97.0 cm³/mol. The zero-order valence-electron chi connectivity index (χ0n) is 14.8. The van der Waals surface area contributed by atoms with Crippen LogP contribution in [0.15, 0.2) is 48.5 Å². The van der Waals surface area contributed by atoms with Gasteiger partial charge in [0.05, 0.1) is 0 Å². The van der Waals surface area contributed by atoms with Crippen molar-refractivity contribution in [2.75, 3.05) is 39.6 Å². The molecule has 140 valence electrons. The van der Waals surface area contributed by atoms with Gasteiger partial charge in [-0.1, -0.05) is 18.2 Å². The maximum Gasteiger partial charge on any atom is 0.260 e. The lowest BCUT2D eigenvalue weighted by Gasteiger charge is -2.34. The third-order valence-corrected chi connectivity index (χ3v) is 4.64. The Hall–Kier alpha value is -3.22. The molecule has 0 aromatic heterocycles. The quantitative estimate of drug-likeness (QED) is 0.823. The first-order valence-electron chi connectivity index (χ1n) is 8.85. The Kier molecular flexibility index (Phi) is 4.82. The summed E-state index contributed by atoms with van der Waals surface area (Å²) in [5, 5.41) is 0. The maximum atomic E-state index is 12.7. The van der Waals surface area contributed by atoms with E-state index < -0.39 is 0 Å². The third-order valence-electron chi connectivity index (χ3n) is 4.64. The van der Waals surface area contributed by atoms with Crippen molar-refractivity contribution in [2.24, 2.45) is 0 Å². The van der Waals surface area contributed by atoms with Gasteiger partial charge in [0.2, 0.25) is 6.79 Å². The lowest BCUT2D eigenvalue weighted by atomic mass is 10.1. The van der Waals surface area contributed by atoms with Crippen molar-refractivity contribution in [2.45, 2.75) is 0 Å². The largest absolute Gasteiger partial charge is 0.484 e. The second kappa shape index (κ2) is 7.57. The molecule has 1 fully saturated rings. The van der Waals surface area contributed by atoms with E-state index in [1.165, 1.54) is 0 Å². The minimum atomic E-state index is -0.0750. The Morgan fingerprint density at radius 3 is 2.37 bits per heavy atom. The molecule has 0 aliphatic carbocycles. The van der Waals surface area contributed by atoms with Gasteiger partial charge in [0.15, 0.2) is 18.1 Å². The summed E-state index contributed by atoms with van der Waals surface area (Å²) in [4.78, 5) is 28.5. The molecular weight excluding hydrogens is 348 g/mol. The second-order valence-corrected chi connectivity index (χ2v) is 6.34. The van der Waals surface area contributed by atoms with E-state index in [9.17, 15) is 9.59 Å². The van der Waals surface area contributed by atoms with E-state index in [0.29, 0.717) is 49.0 Å². The van der Waals surface area contributed by atoms with Crippen LogP contribution in [0.2, 0.25) is 0 Å². The number of hydrogen-bond acceptors (Lipinski definition) is 5. The standard InChI is InChI=1S/C20H20N2O5/c23-19(13-25-16-4-2-1-3-5-16)21-8-10-22(11-9-21)20(24)15-6-7-17-18(12-15)27-14-26-17/h1-7,12H,8-11,13-14H2. The van der Waals surface area contributed by atoms with E-state index >= 15 is 0 Å². The Balaban J connectivity index is 1.29. The lowest BCUT2D eigenvalue weighted by Crippen LogP contribution is -2.51. The van der Waals surface area contributed by atoms with E-state index in [4.69, 9.17) is 14.2 Å². The summed E-state index contributed by atoms with van der Waals surface area (Å²) in [5.41, 5.74) is 0.562. The maximum absolute atomic E-state index is 12.7. The molecule has 0 spiro atoms. The van der Waals surface area contributed by atoms with E-state index in [1.807, 2.05) is 30.3 Å². The number of ether oxygens (including phenoxy) is 3. The fraction of sp³-hybridized carbons (Fsp3) is 0.300. The summed E-state index contributed by atoms with van der Waals surface area (Å²) >= 11 is 0. The number of fused-ring (bicyclic) bond motifs is 1. The Morgan fingerprint density at radius 2 is 1.59 bits per heavy atom. The lowest BCUT2D eigenvalue weighted by molar-refractivity contribution is -0.134. The van der Waals surface area contributed by atoms with Gasteiger partial charge in [-0.05, 0) is 30.3 Å². The van der Waals surface area contributed by atoms with Crippen molar-refractivity contribution in [3.05, 3.63) is 54.1 Å². The summed E-state index contributed by atoms with van der Waals surface area (Å²) < 4.78 is 16.1. The summed E-state index contributed by atoms with van der Waals surface area (Å²) in [7, 11) is 0. The zero-order chi connectivity index (χ0) is 18.6. The molecule has 7 nitrogen and oxygen atoms in total. The van der Waals surface area contributed by atoms with Crippen LogP contribution in [0.5, 0.6) is 17.2 Å². The van der Waals surface area contributed by atoms with Crippen LogP contribution in [0.4, 0.5) is 0 Å². The van der Waals surface area contributed by atoms with E-state index in [1.54, 1.807) is 28.0 Å². The van der Waals surface area contributed by atoms with Gasteiger partial charge < -0.3 is 24.0 Å². The van der Waals surface area contributed by atoms with Crippen molar-refractivity contribution >= 4 is 11.8 Å². The molecule has 1 saturated heterocycles. The van der Waals surface area contributed by atoms with Gasteiger partial charge in [0.25, 0.3) is 11.8 Å². The Labute approximate surface area is 157 Å². The first-order chi connectivity index (χ1) is 13.2. The van der Waals surface area contributed by atoms with Gasteiger partial charge in [-0.3, -0.25) is 9.59 Å². The highest BCUT2D eigenvalue weighted by Crippen LogP contribution is 2.32. The Morgan fingerprint density at radius 1 is 0.889 bits per heavy atom. The van der Waals surface area contributed by atoms with Crippen molar-refractivity contribution in [1.29, 1.82) is 0 Å². The van der Waals surface area contributed by atoms with Gasteiger partial charge in [-0.2, -0.15) is 0 Å². The number of nitrogens with zero attached hydrogens (tertiary/aromatic N) is 2. The normalized spacial score (nSPS) is 15.6. The van der Waals surface area contributed by atoms with Crippen LogP contribution in [-0.4, -0.2) is 61.2 Å². The van der Waals surface area contributed by atoms with Gasteiger partial charge in [-0.15, -0.1) is 0 Å². The smallest absolute Gasteiger partial charge is 0.260 e. The minimum Gasteiger partial charge on any atom is -0.484 e. The summed E-state index contributed by atoms with van der Waals surface area (Å²) in [6, 6.07) is 14.4. The average Bonchev–Trinajstić information content (AvgIpc) is 3.20. The van der Waals surface area contributed by atoms with Crippen LogP contribution in [0, 0.1) is 0 Å². The summed E-state index contributed by atoms with van der Waals surface area (Å²) in [6.07, 6.45) is 0. The van der Waals surface area contributed by atoms with Crippen molar-refractivity contribution in [3.63, 3.8) is 0 Å². The Bertz CT molecular complexity index is 832.